The highest BCUT2D eigenvalue weighted by Crippen LogP contribution is 2.24. The number of halogens is 2. The SMILES string of the molecule is OC(C(F)F)C(c1ccc(OCc2ccccn2)cn1)n1ncnn1. The van der Waals surface area contributed by atoms with Crippen LogP contribution in [-0.2, 0) is 6.61 Å². The predicted molar refractivity (Wildman–Crippen MR) is 80.8 cm³/mol. The number of tetrazole rings is 1. The zero-order valence-electron chi connectivity index (χ0n) is 12.9. The summed E-state index contributed by atoms with van der Waals surface area (Å²) in [5.74, 6) is 0.436. The van der Waals surface area contributed by atoms with Crippen LogP contribution in [0.25, 0.3) is 0 Å². The molecule has 0 fully saturated rings. The largest absolute Gasteiger partial charge is 0.486 e. The Morgan fingerprint density at radius 2 is 2.04 bits per heavy atom. The van der Waals surface area contributed by atoms with E-state index in [1.807, 2.05) is 12.1 Å². The second-order valence-corrected chi connectivity index (χ2v) is 5.05. The Morgan fingerprint density at radius 3 is 2.64 bits per heavy atom. The summed E-state index contributed by atoms with van der Waals surface area (Å²) in [5, 5.41) is 20.5. The normalized spacial score (nSPS) is 13.6. The van der Waals surface area contributed by atoms with Gasteiger partial charge in [0.25, 0.3) is 6.43 Å². The van der Waals surface area contributed by atoms with E-state index in [4.69, 9.17) is 4.74 Å². The summed E-state index contributed by atoms with van der Waals surface area (Å²) < 4.78 is 31.4. The number of aromatic nitrogens is 6. The predicted octanol–water partition coefficient (Wildman–Crippen LogP) is 1.26. The zero-order chi connectivity index (χ0) is 17.6. The Bertz CT molecular complexity index is 770. The molecular weight excluding hydrogens is 334 g/mol. The number of hydrogen-bond acceptors (Lipinski definition) is 7. The molecule has 25 heavy (non-hydrogen) atoms. The average Bonchev–Trinajstić information content (AvgIpc) is 3.16. The molecule has 3 heterocycles. The molecule has 2 atom stereocenters. The van der Waals surface area contributed by atoms with Crippen molar-refractivity contribution >= 4 is 0 Å². The van der Waals surface area contributed by atoms with Crippen molar-refractivity contribution < 1.29 is 18.6 Å². The second kappa shape index (κ2) is 7.71. The van der Waals surface area contributed by atoms with Crippen molar-refractivity contribution in [3.05, 3.63) is 60.4 Å². The summed E-state index contributed by atoms with van der Waals surface area (Å²) in [6.45, 7) is 0.246. The lowest BCUT2D eigenvalue weighted by Gasteiger charge is -2.20. The average molecular weight is 348 g/mol. The first kappa shape index (κ1) is 16.8. The maximum absolute atomic E-state index is 12.9. The van der Waals surface area contributed by atoms with Gasteiger partial charge in [0.2, 0.25) is 0 Å². The molecular formula is C15H14F2N6O2. The summed E-state index contributed by atoms with van der Waals surface area (Å²) in [5.41, 5.74) is 0.903. The molecule has 0 aliphatic heterocycles. The molecule has 8 nitrogen and oxygen atoms in total. The van der Waals surface area contributed by atoms with Crippen LogP contribution in [0.3, 0.4) is 0 Å². The van der Waals surface area contributed by atoms with Gasteiger partial charge in [-0.1, -0.05) is 6.07 Å². The number of ether oxygens (including phenoxy) is 1. The Hall–Kier alpha value is -3.01. The van der Waals surface area contributed by atoms with Crippen LogP contribution in [0.4, 0.5) is 8.78 Å². The van der Waals surface area contributed by atoms with Crippen LogP contribution in [0.15, 0.2) is 49.1 Å². The number of pyridine rings is 2. The fraction of sp³-hybridized carbons (Fsp3) is 0.267. The van der Waals surface area contributed by atoms with Crippen molar-refractivity contribution in [1.82, 2.24) is 30.2 Å². The first-order valence-corrected chi connectivity index (χ1v) is 7.32. The highest BCUT2D eigenvalue weighted by Gasteiger charge is 2.33. The number of aliphatic hydroxyl groups is 1. The molecule has 0 aromatic carbocycles. The molecule has 2 unspecified atom stereocenters. The minimum atomic E-state index is -2.99. The van der Waals surface area contributed by atoms with Crippen molar-refractivity contribution in [2.75, 3.05) is 0 Å². The fourth-order valence-electron chi connectivity index (χ4n) is 2.16. The summed E-state index contributed by atoms with van der Waals surface area (Å²) in [6.07, 6.45) is -0.892. The molecule has 0 saturated carbocycles. The van der Waals surface area contributed by atoms with E-state index in [1.54, 1.807) is 18.3 Å². The van der Waals surface area contributed by atoms with Crippen molar-refractivity contribution in [3.8, 4) is 5.75 Å². The molecule has 0 spiro atoms. The Labute approximate surface area is 141 Å². The Balaban J connectivity index is 1.75. The van der Waals surface area contributed by atoms with Gasteiger partial charge in [-0.05, 0) is 29.5 Å². The molecule has 130 valence electrons. The van der Waals surface area contributed by atoms with E-state index in [1.165, 1.54) is 12.3 Å². The van der Waals surface area contributed by atoms with E-state index in [-0.39, 0.29) is 12.3 Å². The van der Waals surface area contributed by atoms with E-state index in [9.17, 15) is 13.9 Å². The van der Waals surface area contributed by atoms with Gasteiger partial charge in [-0.2, -0.15) is 4.80 Å². The third-order valence-electron chi connectivity index (χ3n) is 3.37. The number of aliphatic hydroxyl groups excluding tert-OH is 1. The molecule has 0 aliphatic carbocycles. The van der Waals surface area contributed by atoms with Crippen molar-refractivity contribution in [2.24, 2.45) is 0 Å². The summed E-state index contributed by atoms with van der Waals surface area (Å²) >= 11 is 0. The molecule has 0 radical (unpaired) electrons. The Kier molecular flexibility index (Phi) is 5.19. The first-order chi connectivity index (χ1) is 12.1. The molecule has 10 heteroatoms. The lowest BCUT2D eigenvalue weighted by Crippen LogP contribution is -2.33. The summed E-state index contributed by atoms with van der Waals surface area (Å²) in [7, 11) is 0. The van der Waals surface area contributed by atoms with Crippen LogP contribution in [0.1, 0.15) is 17.4 Å². The van der Waals surface area contributed by atoms with Crippen molar-refractivity contribution in [2.45, 2.75) is 25.2 Å². The molecule has 1 N–H and O–H groups in total. The molecule has 0 bridgehead atoms. The van der Waals surface area contributed by atoms with E-state index < -0.39 is 18.6 Å². The van der Waals surface area contributed by atoms with E-state index >= 15 is 0 Å². The smallest absolute Gasteiger partial charge is 0.266 e. The molecule has 3 aromatic rings. The highest BCUT2D eigenvalue weighted by molar-refractivity contribution is 5.22. The van der Waals surface area contributed by atoms with Gasteiger partial charge < -0.3 is 9.84 Å². The van der Waals surface area contributed by atoms with Crippen LogP contribution < -0.4 is 4.74 Å². The van der Waals surface area contributed by atoms with Gasteiger partial charge in [0.1, 0.15) is 24.5 Å². The fourth-order valence-corrected chi connectivity index (χ4v) is 2.16. The minimum Gasteiger partial charge on any atom is -0.486 e. The van der Waals surface area contributed by atoms with E-state index in [0.717, 1.165) is 16.8 Å². The number of alkyl halides is 2. The van der Waals surface area contributed by atoms with E-state index in [2.05, 4.69) is 25.4 Å². The van der Waals surface area contributed by atoms with E-state index in [0.29, 0.717) is 5.75 Å². The topological polar surface area (TPSA) is 98.8 Å². The molecule has 0 saturated heterocycles. The van der Waals surface area contributed by atoms with Crippen LogP contribution in [-0.4, -0.2) is 47.8 Å². The third kappa shape index (κ3) is 4.10. The third-order valence-corrected chi connectivity index (χ3v) is 3.37. The maximum Gasteiger partial charge on any atom is 0.266 e. The lowest BCUT2D eigenvalue weighted by molar-refractivity contribution is -0.0319. The number of rotatable bonds is 7. The number of nitrogens with zero attached hydrogens (tertiary/aromatic N) is 6. The Morgan fingerprint density at radius 1 is 1.16 bits per heavy atom. The quantitative estimate of drug-likeness (QED) is 0.686. The first-order valence-electron chi connectivity index (χ1n) is 7.32. The van der Waals surface area contributed by atoms with Gasteiger partial charge in [-0.25, -0.2) is 8.78 Å². The monoisotopic (exact) mass is 348 g/mol. The highest BCUT2D eigenvalue weighted by atomic mass is 19.3. The molecule has 0 amide bonds. The molecule has 0 aliphatic rings. The summed E-state index contributed by atoms with van der Waals surface area (Å²) in [6, 6.07) is 7.22. The molecule has 3 rings (SSSR count). The number of hydrogen-bond donors (Lipinski definition) is 1. The molecule has 3 aromatic heterocycles. The van der Waals surface area contributed by atoms with Gasteiger partial charge >= 0.3 is 0 Å². The van der Waals surface area contributed by atoms with Gasteiger partial charge in [-0.15, -0.1) is 10.2 Å². The standard InChI is InChI=1S/C15H14F2N6O2/c16-15(17)14(24)13(23-21-9-20-22-23)12-5-4-11(7-19-12)25-8-10-3-1-2-6-18-10/h1-7,9,13-15,24H,8H2. The van der Waals surface area contributed by atoms with Gasteiger partial charge in [0.15, 0.2) is 6.33 Å². The van der Waals surface area contributed by atoms with Gasteiger partial charge in [0, 0.05) is 6.20 Å². The van der Waals surface area contributed by atoms with Crippen molar-refractivity contribution in [3.63, 3.8) is 0 Å². The van der Waals surface area contributed by atoms with Crippen LogP contribution in [0, 0.1) is 0 Å². The maximum atomic E-state index is 12.9. The second-order valence-electron chi connectivity index (χ2n) is 5.05. The van der Waals surface area contributed by atoms with Crippen LogP contribution in [0.5, 0.6) is 5.75 Å². The summed E-state index contributed by atoms with van der Waals surface area (Å²) in [4.78, 5) is 9.11. The van der Waals surface area contributed by atoms with Crippen LogP contribution >= 0.6 is 0 Å². The lowest BCUT2D eigenvalue weighted by atomic mass is 10.1. The van der Waals surface area contributed by atoms with Crippen LogP contribution in [0.2, 0.25) is 0 Å². The van der Waals surface area contributed by atoms with Gasteiger partial charge in [0.05, 0.1) is 17.6 Å². The minimum absolute atomic E-state index is 0.163. The van der Waals surface area contributed by atoms with Crippen molar-refractivity contribution in [1.29, 1.82) is 0 Å². The zero-order valence-corrected chi connectivity index (χ0v) is 12.9. The van der Waals surface area contributed by atoms with Gasteiger partial charge in [-0.3, -0.25) is 9.97 Å².